The third-order valence-corrected chi connectivity index (χ3v) is 7.99. The molecule has 3 fully saturated rings. The Kier molecular flexibility index (Phi) is 4.10. The van der Waals surface area contributed by atoms with Crippen LogP contribution in [0.25, 0.3) is 0 Å². The van der Waals surface area contributed by atoms with Crippen LogP contribution in [0.1, 0.15) is 37.7 Å². The molecule has 1 aromatic carbocycles. The number of nitrogens with zero attached hydrogens (tertiary/aromatic N) is 2. The molecular formula is C18H21FN2O3S. The summed E-state index contributed by atoms with van der Waals surface area (Å²) in [4.78, 5) is -0.377. The van der Waals surface area contributed by atoms with E-state index in [1.807, 2.05) is 0 Å². The minimum atomic E-state index is -3.94. The van der Waals surface area contributed by atoms with E-state index >= 15 is 0 Å². The second kappa shape index (κ2) is 6.04. The molecule has 1 atom stereocenters. The number of hydrogen-bond donors (Lipinski definition) is 0. The van der Waals surface area contributed by atoms with Crippen molar-refractivity contribution in [2.45, 2.75) is 43.0 Å². The average Bonchev–Trinajstić information content (AvgIpc) is 2.53. The smallest absolute Gasteiger partial charge is 0.246 e. The summed E-state index contributed by atoms with van der Waals surface area (Å²) in [5.74, 6) is -0.676. The standard InChI is InChI=1S/C18H21FN2O3S/c19-16-14(11-20)3-1-4-15(16)25(22,23)21-12-18(7-2-8-18)17(21)13-5-9-24-10-6-13/h1,3-4,13,17H,2,5-10,12H2. The Morgan fingerprint density at radius 3 is 2.60 bits per heavy atom. The maximum atomic E-state index is 14.5. The van der Waals surface area contributed by atoms with E-state index < -0.39 is 15.8 Å². The number of sulfonamides is 1. The minimum Gasteiger partial charge on any atom is -0.381 e. The summed E-state index contributed by atoms with van der Waals surface area (Å²) in [6, 6.07) is 5.64. The van der Waals surface area contributed by atoms with E-state index in [1.54, 1.807) is 6.07 Å². The summed E-state index contributed by atoms with van der Waals surface area (Å²) in [5.41, 5.74) is -0.166. The molecule has 1 aliphatic carbocycles. The second-order valence-corrected chi connectivity index (χ2v) is 9.25. The summed E-state index contributed by atoms with van der Waals surface area (Å²) >= 11 is 0. The third kappa shape index (κ3) is 2.50. The maximum absolute atomic E-state index is 14.5. The Labute approximate surface area is 147 Å². The molecule has 134 valence electrons. The summed E-state index contributed by atoms with van der Waals surface area (Å²) in [6.07, 6.45) is 4.91. The highest BCUT2D eigenvalue weighted by Gasteiger charge is 2.62. The highest BCUT2D eigenvalue weighted by Crippen LogP contribution is 2.58. The predicted molar refractivity (Wildman–Crippen MR) is 88.6 cm³/mol. The molecule has 4 rings (SSSR count). The zero-order valence-electron chi connectivity index (χ0n) is 13.9. The lowest BCUT2D eigenvalue weighted by molar-refractivity contribution is -0.120. The molecule has 0 bridgehead atoms. The zero-order valence-corrected chi connectivity index (χ0v) is 14.8. The van der Waals surface area contributed by atoms with Crippen molar-refractivity contribution in [3.05, 3.63) is 29.6 Å². The molecule has 1 spiro atoms. The van der Waals surface area contributed by atoms with Crippen LogP contribution < -0.4 is 0 Å². The number of hydrogen-bond acceptors (Lipinski definition) is 4. The van der Waals surface area contributed by atoms with Gasteiger partial charge in [-0.3, -0.25) is 0 Å². The number of rotatable bonds is 3. The summed E-state index contributed by atoms with van der Waals surface area (Å²) in [6.45, 7) is 1.78. The van der Waals surface area contributed by atoms with Crippen LogP contribution in [0, 0.1) is 28.5 Å². The van der Waals surface area contributed by atoms with Gasteiger partial charge in [-0.1, -0.05) is 12.5 Å². The van der Waals surface area contributed by atoms with E-state index in [2.05, 4.69) is 0 Å². The van der Waals surface area contributed by atoms with Crippen molar-refractivity contribution in [2.24, 2.45) is 11.3 Å². The van der Waals surface area contributed by atoms with E-state index in [4.69, 9.17) is 10.00 Å². The van der Waals surface area contributed by atoms with E-state index in [9.17, 15) is 12.8 Å². The molecule has 2 saturated heterocycles. The molecular weight excluding hydrogens is 343 g/mol. The van der Waals surface area contributed by atoms with Crippen molar-refractivity contribution in [3.8, 4) is 6.07 Å². The number of nitriles is 1. The molecule has 2 heterocycles. The van der Waals surface area contributed by atoms with Crippen molar-refractivity contribution in [3.63, 3.8) is 0 Å². The van der Waals surface area contributed by atoms with Gasteiger partial charge in [-0.05, 0) is 43.7 Å². The molecule has 0 radical (unpaired) electrons. The van der Waals surface area contributed by atoms with Gasteiger partial charge >= 0.3 is 0 Å². The second-order valence-electron chi connectivity index (χ2n) is 7.39. The summed E-state index contributed by atoms with van der Waals surface area (Å²) < 4.78 is 47.7. The topological polar surface area (TPSA) is 70.4 Å². The van der Waals surface area contributed by atoms with Crippen LogP contribution in [0.5, 0.6) is 0 Å². The van der Waals surface area contributed by atoms with Crippen molar-refractivity contribution >= 4 is 10.0 Å². The molecule has 2 aliphatic heterocycles. The Balaban J connectivity index is 1.69. The molecule has 1 unspecified atom stereocenters. The van der Waals surface area contributed by atoms with Crippen LogP contribution in [0.2, 0.25) is 0 Å². The number of ether oxygens (including phenoxy) is 1. The molecule has 5 nitrogen and oxygen atoms in total. The van der Waals surface area contributed by atoms with Crippen molar-refractivity contribution in [2.75, 3.05) is 19.8 Å². The summed E-state index contributed by atoms with van der Waals surface area (Å²) in [5, 5.41) is 8.99. The SMILES string of the molecule is N#Cc1cccc(S(=O)(=O)N2CC3(CCC3)C2C2CCOCC2)c1F. The minimum absolute atomic E-state index is 0.0678. The van der Waals surface area contributed by atoms with E-state index in [-0.39, 0.29) is 27.8 Å². The van der Waals surface area contributed by atoms with E-state index in [0.29, 0.717) is 19.8 Å². The lowest BCUT2D eigenvalue weighted by Gasteiger charge is -2.64. The maximum Gasteiger partial charge on any atom is 0.246 e. The number of benzene rings is 1. The Hall–Kier alpha value is -1.49. The molecule has 25 heavy (non-hydrogen) atoms. The van der Waals surface area contributed by atoms with Crippen LogP contribution in [0.15, 0.2) is 23.1 Å². The molecule has 1 aromatic rings. The molecule has 3 aliphatic rings. The fraction of sp³-hybridized carbons (Fsp3) is 0.611. The molecule has 0 N–H and O–H groups in total. The van der Waals surface area contributed by atoms with Gasteiger partial charge in [0.05, 0.1) is 5.56 Å². The fourth-order valence-corrected chi connectivity index (χ4v) is 6.67. The van der Waals surface area contributed by atoms with Gasteiger partial charge in [0.1, 0.15) is 11.0 Å². The quantitative estimate of drug-likeness (QED) is 0.827. The van der Waals surface area contributed by atoms with Crippen LogP contribution in [0.4, 0.5) is 4.39 Å². The number of halogens is 1. The van der Waals surface area contributed by atoms with Crippen LogP contribution in [0.3, 0.4) is 0 Å². The van der Waals surface area contributed by atoms with Crippen molar-refractivity contribution in [1.82, 2.24) is 4.31 Å². The Bertz CT molecular complexity index is 823. The average molecular weight is 364 g/mol. The van der Waals surface area contributed by atoms with Gasteiger partial charge in [0.15, 0.2) is 5.82 Å². The molecule has 1 saturated carbocycles. The summed E-state index contributed by atoms with van der Waals surface area (Å²) in [7, 11) is -3.94. The van der Waals surface area contributed by atoms with Gasteiger partial charge < -0.3 is 4.74 Å². The first-order valence-corrected chi connectivity index (χ1v) is 10.2. The van der Waals surface area contributed by atoms with Gasteiger partial charge in [0.25, 0.3) is 0 Å². The largest absolute Gasteiger partial charge is 0.381 e. The first-order chi connectivity index (χ1) is 12.0. The lowest BCUT2D eigenvalue weighted by atomic mass is 9.55. The van der Waals surface area contributed by atoms with E-state index in [0.717, 1.165) is 32.1 Å². The van der Waals surface area contributed by atoms with Crippen LogP contribution in [-0.2, 0) is 14.8 Å². The van der Waals surface area contributed by atoms with Gasteiger partial charge in [0, 0.05) is 31.2 Å². The highest BCUT2D eigenvalue weighted by atomic mass is 32.2. The third-order valence-electron chi connectivity index (χ3n) is 6.14. The predicted octanol–water partition coefficient (Wildman–Crippen LogP) is 2.67. The first kappa shape index (κ1) is 17.0. The van der Waals surface area contributed by atoms with Crippen molar-refractivity contribution in [1.29, 1.82) is 5.26 Å². The van der Waals surface area contributed by atoms with Gasteiger partial charge in [-0.15, -0.1) is 0 Å². The normalized spacial score (nSPS) is 26.6. The van der Waals surface area contributed by atoms with Gasteiger partial charge in [0.2, 0.25) is 10.0 Å². The zero-order chi connectivity index (χ0) is 17.7. The molecule has 7 heteroatoms. The Morgan fingerprint density at radius 2 is 2.00 bits per heavy atom. The monoisotopic (exact) mass is 364 g/mol. The van der Waals surface area contributed by atoms with Crippen molar-refractivity contribution < 1.29 is 17.5 Å². The Morgan fingerprint density at radius 1 is 1.28 bits per heavy atom. The highest BCUT2D eigenvalue weighted by molar-refractivity contribution is 7.89. The van der Waals surface area contributed by atoms with Gasteiger partial charge in [-0.2, -0.15) is 9.57 Å². The fourth-order valence-electron chi connectivity index (χ4n) is 4.70. The van der Waals surface area contributed by atoms with Crippen LogP contribution in [-0.4, -0.2) is 38.5 Å². The van der Waals surface area contributed by atoms with E-state index in [1.165, 1.54) is 22.5 Å². The first-order valence-electron chi connectivity index (χ1n) is 8.78. The molecule has 0 amide bonds. The van der Waals surface area contributed by atoms with Gasteiger partial charge in [-0.25, -0.2) is 12.8 Å². The lowest BCUT2D eigenvalue weighted by Crippen LogP contribution is -2.71. The van der Waals surface area contributed by atoms with Crippen LogP contribution >= 0.6 is 0 Å². The molecule has 0 aromatic heterocycles.